The Hall–Kier alpha value is -3.63. The van der Waals surface area contributed by atoms with Crippen molar-refractivity contribution in [2.45, 2.75) is 20.0 Å². The van der Waals surface area contributed by atoms with Crippen LogP contribution in [0.15, 0.2) is 35.1 Å². The van der Waals surface area contributed by atoms with Gasteiger partial charge in [-0.1, -0.05) is 5.16 Å². The molecule has 0 unspecified atom stereocenters. The van der Waals surface area contributed by atoms with Gasteiger partial charge in [-0.2, -0.15) is 9.67 Å². The summed E-state index contributed by atoms with van der Waals surface area (Å²) in [4.78, 5) is 30.0. The van der Waals surface area contributed by atoms with Gasteiger partial charge in [-0.25, -0.2) is 0 Å². The highest BCUT2D eigenvalue weighted by atomic mass is 16.6. The maximum atomic E-state index is 12.0. The van der Waals surface area contributed by atoms with Gasteiger partial charge in [0, 0.05) is 18.9 Å². The summed E-state index contributed by atoms with van der Waals surface area (Å²) < 4.78 is 6.28. The lowest BCUT2D eigenvalue weighted by Crippen LogP contribution is -2.23. The molecule has 0 aliphatic heterocycles. The quantitative estimate of drug-likeness (QED) is 0.513. The van der Waals surface area contributed by atoms with E-state index >= 15 is 0 Å². The van der Waals surface area contributed by atoms with Gasteiger partial charge >= 0.3 is 17.6 Å². The predicted octanol–water partition coefficient (Wildman–Crippen LogP) is 0.856. The Labute approximate surface area is 140 Å². The molecule has 0 aliphatic carbocycles. The Morgan fingerprint density at radius 3 is 2.84 bits per heavy atom. The summed E-state index contributed by atoms with van der Waals surface area (Å²) in [5.74, 6) is -0.784. The van der Waals surface area contributed by atoms with Crippen molar-refractivity contribution in [1.29, 1.82) is 0 Å². The summed E-state index contributed by atoms with van der Waals surface area (Å²) in [7, 11) is 0. The molecule has 128 valence electrons. The van der Waals surface area contributed by atoms with Crippen molar-refractivity contribution in [3.63, 3.8) is 0 Å². The molecule has 1 amide bonds. The molecule has 0 saturated carbocycles. The third-order valence-corrected chi connectivity index (χ3v) is 3.31. The number of nitrogens with one attached hydrogen (secondary N) is 1. The number of rotatable bonds is 6. The minimum absolute atomic E-state index is 0.0564. The van der Waals surface area contributed by atoms with Crippen molar-refractivity contribution < 1.29 is 14.2 Å². The number of aryl methyl sites for hydroxylation is 1. The number of nitro groups is 1. The summed E-state index contributed by atoms with van der Waals surface area (Å²) in [6.45, 7) is 2.02. The van der Waals surface area contributed by atoms with Crippen LogP contribution in [0.4, 0.5) is 5.82 Å². The number of nitrogens with zero attached hydrogens (tertiary/aromatic N) is 6. The smallest absolute Gasteiger partial charge is 0.358 e. The predicted molar refractivity (Wildman–Crippen MR) is 82.4 cm³/mol. The molecule has 11 heteroatoms. The van der Waals surface area contributed by atoms with Crippen molar-refractivity contribution in [1.82, 2.24) is 30.2 Å². The number of hydrogen-bond donors (Lipinski definition) is 1. The Morgan fingerprint density at radius 2 is 2.16 bits per heavy atom. The maximum Gasteiger partial charge on any atom is 0.390 e. The molecule has 25 heavy (non-hydrogen) atoms. The second kappa shape index (κ2) is 6.86. The van der Waals surface area contributed by atoms with E-state index in [0.29, 0.717) is 12.2 Å². The van der Waals surface area contributed by atoms with Gasteiger partial charge in [-0.05, 0) is 29.5 Å². The summed E-state index contributed by atoms with van der Waals surface area (Å²) in [5.41, 5.74) is 1.45. The van der Waals surface area contributed by atoms with Crippen molar-refractivity contribution in [2.24, 2.45) is 0 Å². The number of pyridine rings is 1. The van der Waals surface area contributed by atoms with Crippen molar-refractivity contribution in [2.75, 3.05) is 0 Å². The van der Waals surface area contributed by atoms with E-state index in [-0.39, 0.29) is 24.1 Å². The molecule has 0 atom stereocenters. The molecule has 0 spiro atoms. The van der Waals surface area contributed by atoms with Gasteiger partial charge < -0.3 is 20.0 Å². The van der Waals surface area contributed by atoms with Crippen LogP contribution in [-0.4, -0.2) is 35.7 Å². The topological polar surface area (TPSA) is 142 Å². The van der Waals surface area contributed by atoms with E-state index in [1.807, 2.05) is 0 Å². The van der Waals surface area contributed by atoms with E-state index < -0.39 is 10.8 Å². The molecule has 3 heterocycles. The van der Waals surface area contributed by atoms with Crippen LogP contribution in [0.2, 0.25) is 0 Å². The Balaban J connectivity index is 1.64. The number of amides is 1. The highest BCUT2D eigenvalue weighted by molar-refractivity contribution is 5.89. The molecule has 0 bridgehead atoms. The van der Waals surface area contributed by atoms with E-state index in [1.165, 1.54) is 10.7 Å². The highest BCUT2D eigenvalue weighted by Gasteiger charge is 2.19. The van der Waals surface area contributed by atoms with Crippen LogP contribution in [0.25, 0.3) is 0 Å². The molecule has 11 nitrogen and oxygen atoms in total. The summed E-state index contributed by atoms with van der Waals surface area (Å²) in [5, 5.41) is 20.9. The molecule has 0 fully saturated rings. The molecule has 0 aromatic carbocycles. The van der Waals surface area contributed by atoms with Crippen LogP contribution in [0.5, 0.6) is 0 Å². The van der Waals surface area contributed by atoms with E-state index in [9.17, 15) is 14.9 Å². The van der Waals surface area contributed by atoms with E-state index in [1.54, 1.807) is 31.5 Å². The first kappa shape index (κ1) is 16.2. The van der Waals surface area contributed by atoms with Gasteiger partial charge in [0.25, 0.3) is 0 Å². The molecule has 0 saturated heterocycles. The summed E-state index contributed by atoms with van der Waals surface area (Å²) in [6, 6.07) is 4.88. The van der Waals surface area contributed by atoms with Crippen LogP contribution >= 0.6 is 0 Å². The third kappa shape index (κ3) is 3.83. The average molecular weight is 343 g/mol. The van der Waals surface area contributed by atoms with Crippen LogP contribution in [-0.2, 0) is 13.1 Å². The van der Waals surface area contributed by atoms with Gasteiger partial charge in [0.1, 0.15) is 6.54 Å². The Morgan fingerprint density at radius 1 is 1.40 bits per heavy atom. The fraction of sp³-hybridized carbons (Fsp3) is 0.214. The number of carbonyl (C=O) groups is 1. The van der Waals surface area contributed by atoms with Crippen molar-refractivity contribution in [3.8, 4) is 0 Å². The first-order valence-electron chi connectivity index (χ1n) is 7.21. The normalized spacial score (nSPS) is 10.6. The molecular weight excluding hydrogens is 330 g/mol. The molecule has 3 aromatic heterocycles. The van der Waals surface area contributed by atoms with Crippen molar-refractivity contribution in [3.05, 3.63) is 63.7 Å². The highest BCUT2D eigenvalue weighted by Crippen LogP contribution is 2.12. The zero-order chi connectivity index (χ0) is 17.8. The first-order chi connectivity index (χ1) is 12.0. The molecule has 3 rings (SSSR count). The zero-order valence-electron chi connectivity index (χ0n) is 13.1. The van der Waals surface area contributed by atoms with Gasteiger partial charge in [-0.15, -0.1) is 0 Å². The van der Waals surface area contributed by atoms with E-state index in [4.69, 9.17) is 4.52 Å². The van der Waals surface area contributed by atoms with E-state index in [0.717, 1.165) is 5.56 Å². The number of aromatic nitrogens is 5. The minimum Gasteiger partial charge on any atom is -0.358 e. The average Bonchev–Trinajstić information content (AvgIpc) is 3.21. The van der Waals surface area contributed by atoms with Gasteiger partial charge in [-0.3, -0.25) is 9.78 Å². The van der Waals surface area contributed by atoms with Crippen LogP contribution in [0, 0.1) is 17.0 Å². The largest absolute Gasteiger partial charge is 0.390 e. The third-order valence-electron chi connectivity index (χ3n) is 3.31. The summed E-state index contributed by atoms with van der Waals surface area (Å²) in [6.07, 6.45) is 3.25. The fourth-order valence-corrected chi connectivity index (χ4v) is 2.04. The van der Waals surface area contributed by atoms with Gasteiger partial charge in [0.15, 0.2) is 5.82 Å². The van der Waals surface area contributed by atoms with Crippen LogP contribution in [0.3, 0.4) is 0 Å². The van der Waals surface area contributed by atoms with E-state index in [2.05, 4.69) is 25.5 Å². The SMILES string of the molecule is Cc1cc([N+](=O)[O-])nn1Cc1noc(C(=O)NCc2ccncc2)n1. The molecule has 0 radical (unpaired) electrons. The monoisotopic (exact) mass is 343 g/mol. The lowest BCUT2D eigenvalue weighted by molar-refractivity contribution is -0.389. The molecule has 1 N–H and O–H groups in total. The molecule has 0 aliphatic rings. The zero-order valence-corrected chi connectivity index (χ0v) is 13.1. The van der Waals surface area contributed by atoms with Crippen LogP contribution in [0.1, 0.15) is 27.8 Å². The first-order valence-corrected chi connectivity index (χ1v) is 7.21. The summed E-state index contributed by atoms with van der Waals surface area (Å²) >= 11 is 0. The molecular formula is C14H13N7O4. The second-order valence-electron chi connectivity index (χ2n) is 5.11. The number of hydrogen-bond acceptors (Lipinski definition) is 8. The van der Waals surface area contributed by atoms with Crippen molar-refractivity contribution >= 4 is 11.7 Å². The minimum atomic E-state index is -0.586. The second-order valence-corrected chi connectivity index (χ2v) is 5.11. The standard InChI is InChI=1S/C14H13N7O4/c1-9-6-12(21(23)24)18-20(9)8-11-17-14(25-19-11)13(22)16-7-10-2-4-15-5-3-10/h2-6H,7-8H2,1H3,(H,16,22). The number of carbonyl (C=O) groups excluding carboxylic acids is 1. The Kier molecular flexibility index (Phi) is 4.46. The lowest BCUT2D eigenvalue weighted by atomic mass is 10.3. The Bertz CT molecular complexity index is 903. The van der Waals surface area contributed by atoms with Gasteiger partial charge in [0.05, 0.1) is 16.9 Å². The fourth-order valence-electron chi connectivity index (χ4n) is 2.04. The maximum absolute atomic E-state index is 12.0. The lowest BCUT2D eigenvalue weighted by Gasteiger charge is -2.01. The molecule has 3 aromatic rings. The van der Waals surface area contributed by atoms with Gasteiger partial charge in [0.2, 0.25) is 0 Å². The van der Waals surface area contributed by atoms with Crippen LogP contribution < -0.4 is 5.32 Å².